The van der Waals surface area contributed by atoms with Crippen LogP contribution in [-0.2, 0) is 19.1 Å². The number of cyclic esters (lactones) is 1. The van der Waals surface area contributed by atoms with E-state index in [0.717, 1.165) is 50.5 Å². The number of fused-ring (bicyclic) bond motifs is 1. The van der Waals surface area contributed by atoms with Gasteiger partial charge in [0.25, 0.3) is 0 Å². The van der Waals surface area contributed by atoms with Crippen molar-refractivity contribution in [2.45, 2.75) is 58.8 Å². The summed E-state index contributed by atoms with van der Waals surface area (Å²) in [7, 11) is 1.50. The number of hydrogen-bond donors (Lipinski definition) is 0. The van der Waals surface area contributed by atoms with Crippen LogP contribution in [-0.4, -0.2) is 25.7 Å². The number of hydrogen-bond acceptors (Lipinski definition) is 4. The SMILES string of the molecule is C=C1CC[C@@H]2[C@](C)(CCC[C@@]2(C)C(=O)OC)[C@H]1CCC1=CCOC1=O. The van der Waals surface area contributed by atoms with E-state index in [2.05, 4.69) is 20.4 Å². The summed E-state index contributed by atoms with van der Waals surface area (Å²) in [5.41, 5.74) is 1.70. The van der Waals surface area contributed by atoms with Crippen LogP contribution in [0.25, 0.3) is 0 Å². The third-order valence-corrected chi connectivity index (χ3v) is 7.18. The standard InChI is InChI=1S/C21H30O4/c1-14-6-9-17-20(2,11-5-12-21(17,3)19(23)24-4)16(14)8-7-15-10-13-25-18(15)22/h10,16-17H,1,5-9,11-13H2,2-4H3/t16-,17+,20+,21+/m0/s1. The highest BCUT2D eigenvalue weighted by molar-refractivity contribution is 5.90. The lowest BCUT2D eigenvalue weighted by molar-refractivity contribution is -0.168. The Balaban J connectivity index is 1.84. The number of allylic oxidation sites excluding steroid dienone is 1. The van der Waals surface area contributed by atoms with Crippen LogP contribution in [0.15, 0.2) is 23.8 Å². The van der Waals surface area contributed by atoms with Crippen LogP contribution in [0.4, 0.5) is 0 Å². The summed E-state index contributed by atoms with van der Waals surface area (Å²) in [5.74, 6) is 0.397. The van der Waals surface area contributed by atoms with Gasteiger partial charge in [0.1, 0.15) is 6.61 Å². The molecule has 4 heteroatoms. The van der Waals surface area contributed by atoms with E-state index in [1.54, 1.807) is 0 Å². The predicted molar refractivity (Wildman–Crippen MR) is 95.7 cm³/mol. The third kappa shape index (κ3) is 2.94. The molecular weight excluding hydrogens is 316 g/mol. The lowest BCUT2D eigenvalue weighted by Crippen LogP contribution is -2.53. The number of carbonyl (C=O) groups is 2. The fourth-order valence-corrected chi connectivity index (χ4v) is 5.86. The molecule has 1 aliphatic heterocycles. The van der Waals surface area contributed by atoms with Crippen molar-refractivity contribution in [2.75, 3.05) is 13.7 Å². The molecule has 0 aromatic rings. The summed E-state index contributed by atoms with van der Waals surface area (Å²) < 4.78 is 10.2. The van der Waals surface area contributed by atoms with Gasteiger partial charge in [0.2, 0.25) is 0 Å². The molecule has 4 nitrogen and oxygen atoms in total. The molecule has 0 saturated heterocycles. The summed E-state index contributed by atoms with van der Waals surface area (Å²) in [6.07, 6.45) is 8.54. The molecule has 0 N–H and O–H groups in total. The molecule has 0 amide bonds. The van der Waals surface area contributed by atoms with Crippen molar-refractivity contribution in [3.05, 3.63) is 23.8 Å². The van der Waals surface area contributed by atoms with Crippen molar-refractivity contribution in [1.82, 2.24) is 0 Å². The van der Waals surface area contributed by atoms with Crippen LogP contribution >= 0.6 is 0 Å². The zero-order valence-corrected chi connectivity index (χ0v) is 15.7. The summed E-state index contributed by atoms with van der Waals surface area (Å²) in [6.45, 7) is 9.17. The molecular formula is C21H30O4. The Morgan fingerprint density at radius 3 is 2.80 bits per heavy atom. The number of esters is 2. The maximum Gasteiger partial charge on any atom is 0.334 e. The average Bonchev–Trinajstić information content (AvgIpc) is 2.98. The molecule has 0 bridgehead atoms. The smallest absolute Gasteiger partial charge is 0.334 e. The summed E-state index contributed by atoms with van der Waals surface area (Å²) in [6, 6.07) is 0. The molecule has 0 unspecified atom stereocenters. The minimum absolute atomic E-state index is 0.0413. The molecule has 0 spiro atoms. The van der Waals surface area contributed by atoms with Gasteiger partial charge in [-0.05, 0) is 68.8 Å². The van der Waals surface area contributed by atoms with Gasteiger partial charge in [-0.1, -0.05) is 25.5 Å². The van der Waals surface area contributed by atoms with Crippen LogP contribution in [0.3, 0.4) is 0 Å². The van der Waals surface area contributed by atoms with E-state index in [1.807, 2.05) is 6.08 Å². The highest BCUT2D eigenvalue weighted by Gasteiger charge is 2.57. The Morgan fingerprint density at radius 1 is 1.40 bits per heavy atom. The van der Waals surface area contributed by atoms with Crippen molar-refractivity contribution in [3.8, 4) is 0 Å². The highest BCUT2D eigenvalue weighted by Crippen LogP contribution is 2.62. The van der Waals surface area contributed by atoms with E-state index < -0.39 is 5.41 Å². The van der Waals surface area contributed by atoms with Gasteiger partial charge < -0.3 is 9.47 Å². The molecule has 0 aromatic carbocycles. The first-order valence-corrected chi connectivity index (χ1v) is 9.45. The van der Waals surface area contributed by atoms with Crippen LogP contribution in [0, 0.1) is 22.7 Å². The summed E-state index contributed by atoms with van der Waals surface area (Å²) in [4.78, 5) is 24.3. The second kappa shape index (κ2) is 6.62. The quantitative estimate of drug-likeness (QED) is 0.565. The Morgan fingerprint density at radius 2 is 2.16 bits per heavy atom. The van der Waals surface area contributed by atoms with Gasteiger partial charge >= 0.3 is 11.9 Å². The van der Waals surface area contributed by atoms with Gasteiger partial charge in [0.05, 0.1) is 12.5 Å². The van der Waals surface area contributed by atoms with E-state index in [9.17, 15) is 9.59 Å². The van der Waals surface area contributed by atoms with Crippen molar-refractivity contribution < 1.29 is 19.1 Å². The Bertz CT molecular complexity index is 619. The van der Waals surface area contributed by atoms with Gasteiger partial charge in [0.15, 0.2) is 0 Å². The minimum atomic E-state index is -0.410. The zero-order chi connectivity index (χ0) is 18.2. The van der Waals surface area contributed by atoms with Crippen molar-refractivity contribution in [2.24, 2.45) is 22.7 Å². The summed E-state index contributed by atoms with van der Waals surface area (Å²) >= 11 is 0. The molecule has 2 saturated carbocycles. The monoisotopic (exact) mass is 346 g/mol. The third-order valence-electron chi connectivity index (χ3n) is 7.18. The normalized spacial score (nSPS) is 38.0. The van der Waals surface area contributed by atoms with Gasteiger partial charge in [-0.15, -0.1) is 0 Å². The molecule has 25 heavy (non-hydrogen) atoms. The number of methoxy groups -OCH3 is 1. The predicted octanol–water partition coefficient (Wildman–Crippen LogP) is 4.20. The van der Waals surface area contributed by atoms with Crippen molar-refractivity contribution >= 4 is 11.9 Å². The fourth-order valence-electron chi connectivity index (χ4n) is 5.86. The molecule has 2 fully saturated rings. The van der Waals surface area contributed by atoms with Gasteiger partial charge in [-0.2, -0.15) is 0 Å². The summed E-state index contributed by atoms with van der Waals surface area (Å²) in [5, 5.41) is 0. The van der Waals surface area contributed by atoms with Crippen molar-refractivity contribution in [3.63, 3.8) is 0 Å². The largest absolute Gasteiger partial charge is 0.469 e. The van der Waals surface area contributed by atoms with E-state index in [-0.39, 0.29) is 17.4 Å². The maximum absolute atomic E-state index is 12.6. The van der Waals surface area contributed by atoms with Crippen molar-refractivity contribution in [1.29, 1.82) is 0 Å². The molecule has 3 aliphatic rings. The number of carbonyl (C=O) groups excluding carboxylic acids is 2. The molecule has 3 rings (SSSR count). The lowest BCUT2D eigenvalue weighted by atomic mass is 9.46. The van der Waals surface area contributed by atoms with E-state index >= 15 is 0 Å². The second-order valence-corrected chi connectivity index (χ2v) is 8.44. The topological polar surface area (TPSA) is 52.6 Å². The molecule has 138 valence electrons. The highest BCUT2D eigenvalue weighted by atomic mass is 16.5. The van der Waals surface area contributed by atoms with E-state index in [4.69, 9.17) is 9.47 Å². The maximum atomic E-state index is 12.6. The first-order valence-electron chi connectivity index (χ1n) is 9.45. The Hall–Kier alpha value is -1.58. The molecule has 0 radical (unpaired) electrons. The lowest BCUT2D eigenvalue weighted by Gasteiger charge is -2.57. The van der Waals surface area contributed by atoms with Gasteiger partial charge in [-0.3, -0.25) is 4.79 Å². The van der Waals surface area contributed by atoms with E-state index in [0.29, 0.717) is 18.4 Å². The molecule has 1 heterocycles. The molecule has 4 atom stereocenters. The van der Waals surface area contributed by atoms with Gasteiger partial charge in [-0.25, -0.2) is 4.79 Å². The van der Waals surface area contributed by atoms with Crippen LogP contribution in [0.2, 0.25) is 0 Å². The van der Waals surface area contributed by atoms with Crippen LogP contribution in [0.5, 0.6) is 0 Å². The first-order chi connectivity index (χ1) is 11.8. The number of ether oxygens (including phenoxy) is 2. The van der Waals surface area contributed by atoms with Gasteiger partial charge in [0, 0.05) is 5.57 Å². The van der Waals surface area contributed by atoms with Crippen LogP contribution in [0.1, 0.15) is 58.8 Å². The van der Waals surface area contributed by atoms with E-state index in [1.165, 1.54) is 12.7 Å². The minimum Gasteiger partial charge on any atom is -0.469 e. The molecule has 0 aromatic heterocycles. The first kappa shape index (κ1) is 18.2. The molecule has 2 aliphatic carbocycles. The Labute approximate surface area is 150 Å². The Kier molecular flexibility index (Phi) is 4.82. The zero-order valence-electron chi connectivity index (χ0n) is 15.7. The second-order valence-electron chi connectivity index (χ2n) is 8.44. The van der Waals surface area contributed by atoms with Crippen LogP contribution < -0.4 is 0 Å². The number of rotatable bonds is 4. The average molecular weight is 346 g/mol. The fraction of sp³-hybridized carbons (Fsp3) is 0.714.